The first-order chi connectivity index (χ1) is 11.4. The van der Waals surface area contributed by atoms with E-state index in [4.69, 9.17) is 16.9 Å². The van der Waals surface area contributed by atoms with Crippen molar-refractivity contribution in [2.75, 3.05) is 5.32 Å². The number of rotatable bonds is 4. The molecule has 0 saturated heterocycles. The zero-order valence-electron chi connectivity index (χ0n) is 12.0. The van der Waals surface area contributed by atoms with E-state index in [9.17, 15) is 19.3 Å². The summed E-state index contributed by atoms with van der Waals surface area (Å²) >= 11 is 5.62. The van der Waals surface area contributed by atoms with E-state index in [2.05, 4.69) is 5.32 Å². The summed E-state index contributed by atoms with van der Waals surface area (Å²) in [5.74, 6) is -1.38. The number of nitrogens with one attached hydrogen (secondary N) is 1. The number of hydrogen-bond donors (Lipinski definition) is 1. The first-order valence-electron chi connectivity index (χ1n) is 6.53. The molecular formula is C16H9ClFN3O3. The van der Waals surface area contributed by atoms with Crippen LogP contribution in [0.1, 0.15) is 5.56 Å². The maximum Gasteiger partial charge on any atom is 0.270 e. The molecule has 2 aromatic carbocycles. The van der Waals surface area contributed by atoms with E-state index in [-0.39, 0.29) is 22.0 Å². The minimum absolute atomic E-state index is 0.160. The van der Waals surface area contributed by atoms with Gasteiger partial charge in [0.2, 0.25) is 0 Å². The molecular weight excluding hydrogens is 337 g/mol. The number of nitro benzene ring substituents is 1. The Balaban J connectivity index is 2.25. The van der Waals surface area contributed by atoms with Crippen LogP contribution in [0.4, 0.5) is 15.8 Å². The molecule has 0 aliphatic carbocycles. The van der Waals surface area contributed by atoms with Crippen molar-refractivity contribution >= 4 is 35.0 Å². The van der Waals surface area contributed by atoms with E-state index in [0.717, 1.165) is 6.07 Å². The van der Waals surface area contributed by atoms with Gasteiger partial charge in [0.15, 0.2) is 0 Å². The van der Waals surface area contributed by atoms with E-state index in [1.165, 1.54) is 42.5 Å². The highest BCUT2D eigenvalue weighted by Crippen LogP contribution is 2.20. The van der Waals surface area contributed by atoms with Crippen molar-refractivity contribution in [1.29, 1.82) is 5.26 Å². The molecule has 8 heteroatoms. The van der Waals surface area contributed by atoms with Gasteiger partial charge in [-0.3, -0.25) is 14.9 Å². The molecule has 1 amide bonds. The highest BCUT2D eigenvalue weighted by atomic mass is 35.5. The Hall–Kier alpha value is -3.24. The molecule has 2 aromatic rings. The molecule has 0 atom stereocenters. The summed E-state index contributed by atoms with van der Waals surface area (Å²) in [5, 5.41) is 22.1. The fraction of sp³-hybridized carbons (Fsp3) is 0. The Morgan fingerprint density at radius 2 is 2.08 bits per heavy atom. The predicted octanol–water partition coefficient (Wildman–Crippen LogP) is 3.93. The van der Waals surface area contributed by atoms with Crippen LogP contribution in [-0.4, -0.2) is 10.8 Å². The molecule has 0 heterocycles. The second-order valence-electron chi connectivity index (χ2n) is 4.60. The van der Waals surface area contributed by atoms with Crippen molar-refractivity contribution in [1.82, 2.24) is 0 Å². The van der Waals surface area contributed by atoms with Gasteiger partial charge in [-0.2, -0.15) is 5.26 Å². The highest BCUT2D eigenvalue weighted by molar-refractivity contribution is 6.31. The average molecular weight is 346 g/mol. The SMILES string of the molecule is N#C/C(=C\c1cccc([N+](=O)[O-])c1)C(=O)Nc1ccc(F)c(Cl)c1. The molecule has 0 unspecified atom stereocenters. The second kappa shape index (κ2) is 7.35. The van der Waals surface area contributed by atoms with Gasteiger partial charge in [0.1, 0.15) is 17.5 Å². The van der Waals surface area contributed by atoms with Gasteiger partial charge in [-0.25, -0.2) is 4.39 Å². The second-order valence-corrected chi connectivity index (χ2v) is 5.01. The Morgan fingerprint density at radius 3 is 2.71 bits per heavy atom. The first kappa shape index (κ1) is 17.1. The van der Waals surface area contributed by atoms with Gasteiger partial charge in [0, 0.05) is 17.8 Å². The third kappa shape index (κ3) is 4.15. The average Bonchev–Trinajstić information content (AvgIpc) is 2.56. The number of hydrogen-bond acceptors (Lipinski definition) is 4. The van der Waals surface area contributed by atoms with Gasteiger partial charge in [-0.1, -0.05) is 23.7 Å². The molecule has 24 heavy (non-hydrogen) atoms. The molecule has 0 aliphatic heterocycles. The summed E-state index contributed by atoms with van der Waals surface area (Å²) in [6.45, 7) is 0. The highest BCUT2D eigenvalue weighted by Gasteiger charge is 2.12. The van der Waals surface area contributed by atoms with E-state index < -0.39 is 16.6 Å². The van der Waals surface area contributed by atoms with Crippen LogP contribution in [0.2, 0.25) is 5.02 Å². The Morgan fingerprint density at radius 1 is 1.33 bits per heavy atom. The van der Waals surface area contributed by atoms with Gasteiger partial charge in [-0.05, 0) is 29.8 Å². The fourth-order valence-electron chi connectivity index (χ4n) is 1.82. The summed E-state index contributed by atoms with van der Waals surface area (Å²) in [4.78, 5) is 22.3. The number of nitrogens with zero attached hydrogens (tertiary/aromatic N) is 2. The molecule has 0 aromatic heterocycles. The van der Waals surface area contributed by atoms with Crippen LogP contribution in [0.3, 0.4) is 0 Å². The van der Waals surface area contributed by atoms with E-state index in [1.54, 1.807) is 6.07 Å². The van der Waals surface area contributed by atoms with Crippen molar-refractivity contribution in [2.24, 2.45) is 0 Å². The summed E-state index contributed by atoms with van der Waals surface area (Å²) < 4.78 is 13.1. The number of carbonyl (C=O) groups is 1. The van der Waals surface area contributed by atoms with Crippen molar-refractivity contribution < 1.29 is 14.1 Å². The predicted molar refractivity (Wildman–Crippen MR) is 86.7 cm³/mol. The lowest BCUT2D eigenvalue weighted by molar-refractivity contribution is -0.384. The standard InChI is InChI=1S/C16H9ClFN3O3/c17-14-8-12(4-5-15(14)18)20-16(22)11(9-19)6-10-2-1-3-13(7-10)21(23)24/h1-8H,(H,20,22)/b11-6+. The van der Waals surface area contributed by atoms with Crippen LogP contribution in [-0.2, 0) is 4.79 Å². The van der Waals surface area contributed by atoms with Crippen molar-refractivity contribution in [3.05, 3.63) is 74.6 Å². The third-order valence-corrected chi connectivity index (χ3v) is 3.22. The minimum atomic E-state index is -0.744. The number of carbonyl (C=O) groups excluding carboxylic acids is 1. The molecule has 0 radical (unpaired) electrons. The molecule has 0 spiro atoms. The van der Waals surface area contributed by atoms with Gasteiger partial charge in [0.05, 0.1) is 9.95 Å². The normalized spacial score (nSPS) is 10.8. The molecule has 0 saturated carbocycles. The van der Waals surface area contributed by atoms with Gasteiger partial charge in [0.25, 0.3) is 11.6 Å². The van der Waals surface area contributed by atoms with Crippen LogP contribution < -0.4 is 5.32 Å². The van der Waals surface area contributed by atoms with Crippen molar-refractivity contribution in [2.45, 2.75) is 0 Å². The smallest absolute Gasteiger partial charge is 0.270 e. The number of anilines is 1. The van der Waals surface area contributed by atoms with Crippen LogP contribution in [0.25, 0.3) is 6.08 Å². The Labute approximate surface area is 140 Å². The number of non-ortho nitro benzene ring substituents is 1. The number of benzene rings is 2. The van der Waals surface area contributed by atoms with Gasteiger partial charge in [-0.15, -0.1) is 0 Å². The lowest BCUT2D eigenvalue weighted by Crippen LogP contribution is -2.13. The lowest BCUT2D eigenvalue weighted by Gasteiger charge is -2.05. The van der Waals surface area contributed by atoms with Crippen molar-refractivity contribution in [3.63, 3.8) is 0 Å². The number of nitriles is 1. The maximum absolute atomic E-state index is 13.1. The number of nitro groups is 1. The van der Waals surface area contributed by atoms with Crippen LogP contribution in [0, 0.1) is 27.3 Å². The van der Waals surface area contributed by atoms with E-state index >= 15 is 0 Å². The fourth-order valence-corrected chi connectivity index (χ4v) is 2.00. The summed E-state index contributed by atoms with van der Waals surface area (Å²) in [5.41, 5.74) is 0.113. The zero-order valence-corrected chi connectivity index (χ0v) is 12.7. The molecule has 6 nitrogen and oxygen atoms in total. The summed E-state index contributed by atoms with van der Waals surface area (Å²) in [6.07, 6.45) is 1.22. The van der Waals surface area contributed by atoms with Crippen molar-refractivity contribution in [3.8, 4) is 6.07 Å². The Kier molecular flexibility index (Phi) is 5.24. The first-order valence-corrected chi connectivity index (χ1v) is 6.91. The number of amides is 1. The van der Waals surface area contributed by atoms with Crippen LogP contribution >= 0.6 is 11.6 Å². The lowest BCUT2D eigenvalue weighted by atomic mass is 10.1. The topological polar surface area (TPSA) is 96.0 Å². The zero-order chi connectivity index (χ0) is 17.7. The third-order valence-electron chi connectivity index (χ3n) is 2.93. The van der Waals surface area contributed by atoms with Crippen LogP contribution in [0.15, 0.2) is 48.0 Å². The monoisotopic (exact) mass is 345 g/mol. The number of halogens is 2. The van der Waals surface area contributed by atoms with Crippen LogP contribution in [0.5, 0.6) is 0 Å². The molecule has 0 fully saturated rings. The van der Waals surface area contributed by atoms with E-state index in [0.29, 0.717) is 5.56 Å². The molecule has 0 aliphatic rings. The maximum atomic E-state index is 13.1. The Bertz CT molecular complexity index is 890. The quantitative estimate of drug-likeness (QED) is 0.393. The summed E-state index contributed by atoms with van der Waals surface area (Å²) in [7, 11) is 0. The van der Waals surface area contributed by atoms with Gasteiger partial charge < -0.3 is 5.32 Å². The van der Waals surface area contributed by atoms with E-state index in [1.807, 2.05) is 0 Å². The summed E-state index contributed by atoms with van der Waals surface area (Å²) in [6, 6.07) is 10.8. The molecule has 0 bridgehead atoms. The molecule has 2 rings (SSSR count). The largest absolute Gasteiger partial charge is 0.321 e. The molecule has 120 valence electrons. The minimum Gasteiger partial charge on any atom is -0.321 e. The molecule has 1 N–H and O–H groups in total. The van der Waals surface area contributed by atoms with Gasteiger partial charge >= 0.3 is 0 Å².